The lowest BCUT2D eigenvalue weighted by Gasteiger charge is -2.40. The summed E-state index contributed by atoms with van der Waals surface area (Å²) in [6.07, 6.45) is 2.40. The number of rotatable bonds is 6. The number of benzene rings is 1. The highest BCUT2D eigenvalue weighted by Crippen LogP contribution is 2.30. The lowest BCUT2D eigenvalue weighted by atomic mass is 9.79. The van der Waals surface area contributed by atoms with E-state index < -0.39 is 0 Å². The molecule has 20 heavy (non-hydrogen) atoms. The quantitative estimate of drug-likeness (QED) is 0.861. The molecule has 1 heterocycles. The summed E-state index contributed by atoms with van der Waals surface area (Å²) in [5.41, 5.74) is 1.67. The summed E-state index contributed by atoms with van der Waals surface area (Å²) in [6.45, 7) is 5.16. The second-order valence-corrected chi connectivity index (χ2v) is 6.90. The lowest BCUT2D eigenvalue weighted by Crippen LogP contribution is -2.46. The first-order valence-corrected chi connectivity index (χ1v) is 8.05. The predicted octanol–water partition coefficient (Wildman–Crippen LogP) is 2.90. The average molecular weight is 341 g/mol. The highest BCUT2D eigenvalue weighted by molar-refractivity contribution is 9.10. The fraction of sp³-hybridized carbons (Fsp3) is 0.625. The number of hydrogen-bond acceptors (Lipinski definition) is 3. The molecule has 0 unspecified atom stereocenters. The standard InChI is InChI=1S/C16H25BrN2O/c1-19(11-14-3-5-15(17)6-4-14)12-16(13-20-2)7-9-18-10-8-16/h3-6,18H,7-13H2,1-2H3. The van der Waals surface area contributed by atoms with Crippen molar-refractivity contribution in [2.45, 2.75) is 19.4 Å². The molecule has 1 aromatic carbocycles. The van der Waals surface area contributed by atoms with Crippen LogP contribution in [0.3, 0.4) is 0 Å². The first-order chi connectivity index (χ1) is 9.63. The van der Waals surface area contributed by atoms with Gasteiger partial charge >= 0.3 is 0 Å². The number of halogens is 1. The van der Waals surface area contributed by atoms with E-state index in [1.54, 1.807) is 0 Å². The first-order valence-electron chi connectivity index (χ1n) is 7.26. The Hall–Kier alpha value is -0.420. The monoisotopic (exact) mass is 340 g/mol. The van der Waals surface area contributed by atoms with Crippen molar-refractivity contribution in [3.05, 3.63) is 34.3 Å². The van der Waals surface area contributed by atoms with Gasteiger partial charge in [-0.25, -0.2) is 0 Å². The molecule has 0 amide bonds. The molecule has 1 saturated heterocycles. The van der Waals surface area contributed by atoms with Gasteiger partial charge in [-0.1, -0.05) is 28.1 Å². The maximum absolute atomic E-state index is 5.49. The van der Waals surface area contributed by atoms with Crippen molar-refractivity contribution in [2.75, 3.05) is 40.4 Å². The Balaban J connectivity index is 1.93. The van der Waals surface area contributed by atoms with Crippen LogP contribution in [-0.4, -0.2) is 45.3 Å². The molecule has 1 N–H and O–H groups in total. The minimum Gasteiger partial charge on any atom is -0.384 e. The molecule has 0 spiro atoms. The van der Waals surface area contributed by atoms with Crippen LogP contribution in [0.5, 0.6) is 0 Å². The molecule has 0 atom stereocenters. The molecule has 0 bridgehead atoms. The normalized spacial score (nSPS) is 18.4. The van der Waals surface area contributed by atoms with E-state index in [9.17, 15) is 0 Å². The second-order valence-electron chi connectivity index (χ2n) is 5.98. The van der Waals surface area contributed by atoms with Gasteiger partial charge in [0, 0.05) is 30.1 Å². The number of nitrogens with zero attached hydrogens (tertiary/aromatic N) is 1. The van der Waals surface area contributed by atoms with Gasteiger partial charge in [-0.2, -0.15) is 0 Å². The Morgan fingerprint density at radius 3 is 2.50 bits per heavy atom. The Morgan fingerprint density at radius 2 is 1.90 bits per heavy atom. The van der Waals surface area contributed by atoms with E-state index in [2.05, 4.69) is 57.5 Å². The summed E-state index contributed by atoms with van der Waals surface area (Å²) in [4.78, 5) is 2.42. The molecule has 1 aromatic rings. The zero-order valence-electron chi connectivity index (χ0n) is 12.5. The zero-order valence-corrected chi connectivity index (χ0v) is 14.1. The van der Waals surface area contributed by atoms with Crippen LogP contribution in [0.4, 0.5) is 0 Å². The minimum atomic E-state index is 0.310. The topological polar surface area (TPSA) is 24.5 Å². The van der Waals surface area contributed by atoms with Crippen molar-refractivity contribution in [1.29, 1.82) is 0 Å². The van der Waals surface area contributed by atoms with E-state index in [4.69, 9.17) is 4.74 Å². The molecule has 3 nitrogen and oxygen atoms in total. The third kappa shape index (κ3) is 4.55. The van der Waals surface area contributed by atoms with Gasteiger partial charge in [0.15, 0.2) is 0 Å². The Labute approximate surface area is 130 Å². The van der Waals surface area contributed by atoms with Crippen molar-refractivity contribution in [3.8, 4) is 0 Å². The third-order valence-corrected chi connectivity index (χ3v) is 4.61. The Kier molecular flexibility index (Phi) is 6.02. The van der Waals surface area contributed by atoms with Crippen LogP contribution in [0.1, 0.15) is 18.4 Å². The summed E-state index contributed by atoms with van der Waals surface area (Å²) in [7, 11) is 4.03. The van der Waals surface area contributed by atoms with Gasteiger partial charge < -0.3 is 15.0 Å². The van der Waals surface area contributed by atoms with Gasteiger partial charge in [-0.3, -0.25) is 0 Å². The fourth-order valence-electron chi connectivity index (χ4n) is 3.14. The summed E-state index contributed by atoms with van der Waals surface area (Å²) in [5, 5.41) is 3.45. The molecule has 1 fully saturated rings. The van der Waals surface area contributed by atoms with Crippen molar-refractivity contribution in [2.24, 2.45) is 5.41 Å². The maximum Gasteiger partial charge on any atom is 0.0531 e. The van der Waals surface area contributed by atoms with Crippen molar-refractivity contribution in [1.82, 2.24) is 10.2 Å². The smallest absolute Gasteiger partial charge is 0.0531 e. The van der Waals surface area contributed by atoms with Crippen LogP contribution >= 0.6 is 15.9 Å². The molecule has 1 aliphatic rings. The van der Waals surface area contributed by atoms with Crippen LogP contribution in [0.15, 0.2) is 28.7 Å². The predicted molar refractivity (Wildman–Crippen MR) is 86.9 cm³/mol. The fourth-order valence-corrected chi connectivity index (χ4v) is 3.41. The SMILES string of the molecule is COCC1(CN(C)Cc2ccc(Br)cc2)CCNCC1. The van der Waals surface area contributed by atoms with Crippen LogP contribution in [-0.2, 0) is 11.3 Å². The van der Waals surface area contributed by atoms with E-state index in [1.165, 1.54) is 18.4 Å². The molecule has 112 valence electrons. The molecule has 4 heteroatoms. The molecule has 1 aliphatic heterocycles. The van der Waals surface area contributed by atoms with Gasteiger partial charge in [0.05, 0.1) is 6.61 Å². The lowest BCUT2D eigenvalue weighted by molar-refractivity contribution is 0.0269. The molecule has 0 aliphatic carbocycles. The van der Waals surface area contributed by atoms with Crippen LogP contribution in [0.2, 0.25) is 0 Å². The molecular weight excluding hydrogens is 316 g/mol. The number of hydrogen-bond donors (Lipinski definition) is 1. The molecule has 0 aromatic heterocycles. The number of piperidine rings is 1. The van der Waals surface area contributed by atoms with Gasteiger partial charge in [-0.05, 0) is 50.7 Å². The van der Waals surface area contributed by atoms with Gasteiger partial charge in [0.1, 0.15) is 0 Å². The molecule has 2 rings (SSSR count). The van der Waals surface area contributed by atoms with Gasteiger partial charge in [-0.15, -0.1) is 0 Å². The van der Waals surface area contributed by atoms with E-state index >= 15 is 0 Å². The van der Waals surface area contributed by atoms with Crippen molar-refractivity contribution in [3.63, 3.8) is 0 Å². The number of methoxy groups -OCH3 is 1. The minimum absolute atomic E-state index is 0.310. The summed E-state index contributed by atoms with van der Waals surface area (Å²) in [6, 6.07) is 8.59. The second kappa shape index (κ2) is 7.55. The third-order valence-electron chi connectivity index (χ3n) is 4.09. The van der Waals surface area contributed by atoms with Crippen molar-refractivity contribution < 1.29 is 4.74 Å². The van der Waals surface area contributed by atoms with Gasteiger partial charge in [0.25, 0.3) is 0 Å². The summed E-state index contributed by atoms with van der Waals surface area (Å²) < 4.78 is 6.63. The molecular formula is C16H25BrN2O. The first kappa shape index (κ1) is 16.0. The summed E-state index contributed by atoms with van der Waals surface area (Å²) in [5.74, 6) is 0. The van der Waals surface area contributed by atoms with E-state index in [0.29, 0.717) is 5.41 Å². The van der Waals surface area contributed by atoms with E-state index in [-0.39, 0.29) is 0 Å². The number of nitrogens with one attached hydrogen (secondary N) is 1. The Bertz CT molecular complexity index is 396. The number of ether oxygens (including phenoxy) is 1. The highest BCUT2D eigenvalue weighted by atomic mass is 79.9. The average Bonchev–Trinajstić information content (AvgIpc) is 2.42. The van der Waals surface area contributed by atoms with Crippen molar-refractivity contribution >= 4 is 15.9 Å². The van der Waals surface area contributed by atoms with E-state index in [1.807, 2.05) is 7.11 Å². The van der Waals surface area contributed by atoms with Crippen LogP contribution < -0.4 is 5.32 Å². The maximum atomic E-state index is 5.49. The van der Waals surface area contributed by atoms with Gasteiger partial charge in [0.2, 0.25) is 0 Å². The largest absolute Gasteiger partial charge is 0.384 e. The van der Waals surface area contributed by atoms with Crippen LogP contribution in [0, 0.1) is 5.41 Å². The molecule has 0 radical (unpaired) electrons. The Morgan fingerprint density at radius 1 is 1.25 bits per heavy atom. The zero-order chi connectivity index (χ0) is 14.4. The summed E-state index contributed by atoms with van der Waals surface area (Å²) >= 11 is 3.48. The highest BCUT2D eigenvalue weighted by Gasteiger charge is 2.33. The molecule has 0 saturated carbocycles. The van der Waals surface area contributed by atoms with Crippen LogP contribution in [0.25, 0.3) is 0 Å². The van der Waals surface area contributed by atoms with E-state index in [0.717, 1.165) is 37.3 Å².